The minimum Gasteiger partial charge on any atom is -0.495 e. The van der Waals surface area contributed by atoms with Gasteiger partial charge < -0.3 is 15.4 Å². The smallest absolute Gasteiger partial charge is 0.255 e. The van der Waals surface area contributed by atoms with Crippen molar-refractivity contribution >= 4 is 23.2 Å². The van der Waals surface area contributed by atoms with Crippen molar-refractivity contribution in [1.82, 2.24) is 0 Å². The summed E-state index contributed by atoms with van der Waals surface area (Å²) >= 11 is 0. The number of ether oxygens (including phenoxy) is 1. The average molecular weight is 324 g/mol. The quantitative estimate of drug-likeness (QED) is 0.881. The van der Waals surface area contributed by atoms with Crippen LogP contribution in [0.3, 0.4) is 0 Å². The third kappa shape index (κ3) is 3.56. The largest absolute Gasteiger partial charge is 0.495 e. The van der Waals surface area contributed by atoms with Crippen LogP contribution in [0.25, 0.3) is 0 Å². The predicted octanol–water partition coefficient (Wildman–Crippen LogP) is 3.69. The zero-order valence-electron chi connectivity index (χ0n) is 13.5. The lowest BCUT2D eigenvalue weighted by molar-refractivity contribution is -0.122. The maximum absolute atomic E-state index is 12.3. The number of methoxy groups -OCH3 is 1. The van der Waals surface area contributed by atoms with E-state index in [4.69, 9.17) is 4.74 Å². The Bertz CT molecular complexity index is 740. The van der Waals surface area contributed by atoms with E-state index in [-0.39, 0.29) is 17.7 Å². The summed E-state index contributed by atoms with van der Waals surface area (Å²) in [6.07, 6.45) is 3.00. The van der Waals surface area contributed by atoms with E-state index in [1.54, 1.807) is 49.6 Å². The SMILES string of the molecule is COc1ccc(NC(=O)C2CCC2)cc1NC(=O)c1ccccc1. The lowest BCUT2D eigenvalue weighted by Gasteiger charge is -2.24. The fourth-order valence-electron chi connectivity index (χ4n) is 2.58. The van der Waals surface area contributed by atoms with Crippen LogP contribution in [0.4, 0.5) is 11.4 Å². The summed E-state index contributed by atoms with van der Waals surface area (Å²) in [5.74, 6) is 0.457. The third-order valence-electron chi connectivity index (χ3n) is 4.23. The van der Waals surface area contributed by atoms with Gasteiger partial charge in [0.05, 0.1) is 12.8 Å². The maximum atomic E-state index is 12.3. The highest BCUT2D eigenvalue weighted by Crippen LogP contribution is 2.31. The first kappa shape index (κ1) is 16.1. The molecule has 3 rings (SSSR count). The second kappa shape index (κ2) is 7.17. The molecule has 0 aliphatic heterocycles. The summed E-state index contributed by atoms with van der Waals surface area (Å²) in [7, 11) is 1.54. The highest BCUT2D eigenvalue weighted by atomic mass is 16.5. The van der Waals surface area contributed by atoms with Gasteiger partial charge in [0, 0.05) is 17.2 Å². The van der Waals surface area contributed by atoms with Crippen LogP contribution >= 0.6 is 0 Å². The summed E-state index contributed by atoms with van der Waals surface area (Å²) in [5.41, 5.74) is 1.73. The fraction of sp³-hybridized carbons (Fsp3) is 0.263. The normalized spacial score (nSPS) is 13.7. The molecule has 0 radical (unpaired) electrons. The molecular weight excluding hydrogens is 304 g/mol. The molecule has 2 amide bonds. The van der Waals surface area contributed by atoms with Crippen LogP contribution in [-0.2, 0) is 4.79 Å². The van der Waals surface area contributed by atoms with Gasteiger partial charge in [0.1, 0.15) is 5.75 Å². The zero-order valence-corrected chi connectivity index (χ0v) is 13.5. The molecule has 1 aliphatic rings. The molecule has 2 aromatic rings. The van der Waals surface area contributed by atoms with Crippen molar-refractivity contribution in [3.05, 3.63) is 54.1 Å². The van der Waals surface area contributed by atoms with Crippen molar-refractivity contribution in [2.24, 2.45) is 5.92 Å². The molecule has 0 spiro atoms. The number of carbonyl (C=O) groups excluding carboxylic acids is 2. The molecule has 0 aromatic heterocycles. The molecule has 124 valence electrons. The van der Waals surface area contributed by atoms with Crippen LogP contribution in [-0.4, -0.2) is 18.9 Å². The lowest BCUT2D eigenvalue weighted by Crippen LogP contribution is -2.28. The molecule has 1 saturated carbocycles. The van der Waals surface area contributed by atoms with Crippen molar-refractivity contribution in [3.8, 4) is 5.75 Å². The van der Waals surface area contributed by atoms with Gasteiger partial charge in [-0.2, -0.15) is 0 Å². The van der Waals surface area contributed by atoms with Gasteiger partial charge in [-0.3, -0.25) is 9.59 Å². The van der Waals surface area contributed by atoms with Gasteiger partial charge >= 0.3 is 0 Å². The van der Waals surface area contributed by atoms with Crippen molar-refractivity contribution in [3.63, 3.8) is 0 Å². The Balaban J connectivity index is 1.76. The highest BCUT2D eigenvalue weighted by Gasteiger charge is 2.25. The van der Waals surface area contributed by atoms with Gasteiger partial charge in [-0.25, -0.2) is 0 Å². The fourth-order valence-corrected chi connectivity index (χ4v) is 2.58. The van der Waals surface area contributed by atoms with Crippen molar-refractivity contribution in [2.75, 3.05) is 17.7 Å². The van der Waals surface area contributed by atoms with Crippen LogP contribution in [0.5, 0.6) is 5.75 Å². The summed E-state index contributed by atoms with van der Waals surface area (Å²) in [5, 5.41) is 5.74. The molecule has 0 bridgehead atoms. The molecule has 2 aromatic carbocycles. The van der Waals surface area contributed by atoms with Crippen molar-refractivity contribution in [2.45, 2.75) is 19.3 Å². The average Bonchev–Trinajstić information content (AvgIpc) is 2.54. The number of hydrogen-bond acceptors (Lipinski definition) is 3. The summed E-state index contributed by atoms with van der Waals surface area (Å²) < 4.78 is 5.29. The first-order valence-corrected chi connectivity index (χ1v) is 8.02. The molecule has 0 heterocycles. The van der Waals surface area contributed by atoms with Gasteiger partial charge in [-0.15, -0.1) is 0 Å². The van der Waals surface area contributed by atoms with Gasteiger partial charge in [0.25, 0.3) is 5.91 Å². The predicted molar refractivity (Wildman–Crippen MR) is 93.4 cm³/mol. The van der Waals surface area contributed by atoms with Crippen LogP contribution in [0.2, 0.25) is 0 Å². The standard InChI is InChI=1S/C19H20N2O3/c1-24-17-11-10-15(20-18(22)14-8-5-9-14)12-16(17)21-19(23)13-6-3-2-4-7-13/h2-4,6-7,10-12,14H,5,8-9H2,1H3,(H,20,22)(H,21,23). The molecule has 2 N–H and O–H groups in total. The minimum atomic E-state index is -0.226. The molecule has 0 unspecified atom stereocenters. The molecule has 0 saturated heterocycles. The lowest BCUT2D eigenvalue weighted by atomic mass is 9.85. The second-order valence-electron chi connectivity index (χ2n) is 5.85. The van der Waals surface area contributed by atoms with Crippen LogP contribution in [0, 0.1) is 5.92 Å². The van der Waals surface area contributed by atoms with Gasteiger partial charge in [-0.05, 0) is 43.2 Å². The Labute approximate surface area is 141 Å². The van der Waals surface area contributed by atoms with Gasteiger partial charge in [0.2, 0.25) is 5.91 Å². The van der Waals surface area contributed by atoms with E-state index in [0.29, 0.717) is 22.7 Å². The van der Waals surface area contributed by atoms with Crippen molar-refractivity contribution < 1.29 is 14.3 Å². The number of carbonyl (C=O) groups is 2. The van der Waals surface area contributed by atoms with E-state index in [2.05, 4.69) is 10.6 Å². The Hall–Kier alpha value is -2.82. The van der Waals surface area contributed by atoms with Gasteiger partial charge in [0.15, 0.2) is 0 Å². The molecule has 1 fully saturated rings. The Morgan fingerprint density at radius 2 is 1.79 bits per heavy atom. The Kier molecular flexibility index (Phi) is 4.79. The molecule has 5 heteroatoms. The summed E-state index contributed by atoms with van der Waals surface area (Å²) in [6.45, 7) is 0. The van der Waals surface area contributed by atoms with E-state index >= 15 is 0 Å². The second-order valence-corrected chi connectivity index (χ2v) is 5.85. The number of benzene rings is 2. The first-order chi connectivity index (χ1) is 11.7. The van der Waals surface area contributed by atoms with Crippen molar-refractivity contribution in [1.29, 1.82) is 0 Å². The van der Waals surface area contributed by atoms with E-state index in [0.717, 1.165) is 19.3 Å². The van der Waals surface area contributed by atoms with E-state index in [9.17, 15) is 9.59 Å². The monoisotopic (exact) mass is 324 g/mol. The maximum Gasteiger partial charge on any atom is 0.255 e. The van der Waals surface area contributed by atoms with Gasteiger partial charge in [-0.1, -0.05) is 24.6 Å². The molecule has 1 aliphatic carbocycles. The first-order valence-electron chi connectivity index (χ1n) is 8.02. The number of hydrogen-bond donors (Lipinski definition) is 2. The van der Waals surface area contributed by atoms with Crippen LogP contribution in [0.1, 0.15) is 29.6 Å². The number of anilines is 2. The number of nitrogens with one attached hydrogen (secondary N) is 2. The Morgan fingerprint density at radius 3 is 2.42 bits per heavy atom. The number of amides is 2. The van der Waals surface area contributed by atoms with Crippen LogP contribution < -0.4 is 15.4 Å². The van der Waals surface area contributed by atoms with E-state index in [1.807, 2.05) is 6.07 Å². The molecule has 5 nitrogen and oxygen atoms in total. The highest BCUT2D eigenvalue weighted by molar-refractivity contribution is 6.05. The molecular formula is C19H20N2O3. The minimum absolute atomic E-state index is 0.0340. The molecule has 24 heavy (non-hydrogen) atoms. The van der Waals surface area contributed by atoms with E-state index < -0.39 is 0 Å². The summed E-state index contributed by atoms with van der Waals surface area (Å²) in [6, 6.07) is 14.2. The third-order valence-corrected chi connectivity index (χ3v) is 4.23. The summed E-state index contributed by atoms with van der Waals surface area (Å²) in [4.78, 5) is 24.4. The topological polar surface area (TPSA) is 67.4 Å². The van der Waals surface area contributed by atoms with E-state index in [1.165, 1.54) is 0 Å². The molecule has 0 atom stereocenters. The van der Waals surface area contributed by atoms with Crippen LogP contribution in [0.15, 0.2) is 48.5 Å². The number of rotatable bonds is 5. The zero-order chi connectivity index (χ0) is 16.9. The Morgan fingerprint density at radius 1 is 1.04 bits per heavy atom.